The highest BCUT2D eigenvalue weighted by Gasteiger charge is 2.69. The smallest absolute Gasteiger partial charge is 0.311 e. The van der Waals surface area contributed by atoms with Crippen LogP contribution in [0.15, 0.2) is 35.9 Å². The number of hydrogen-bond acceptors (Lipinski definition) is 4. The molecule has 4 heteroatoms. The van der Waals surface area contributed by atoms with Crippen LogP contribution < -0.4 is 5.32 Å². The van der Waals surface area contributed by atoms with Crippen molar-refractivity contribution in [2.45, 2.75) is 37.3 Å². The molecule has 4 nitrogen and oxygen atoms in total. The monoisotopic (exact) mass is 324 g/mol. The number of para-hydroxylation sites is 1. The number of carbonyl (C=O) groups excluding carboxylic acids is 1. The van der Waals surface area contributed by atoms with Crippen molar-refractivity contribution in [2.75, 3.05) is 25.5 Å². The van der Waals surface area contributed by atoms with Crippen molar-refractivity contribution < 1.29 is 9.53 Å². The highest BCUT2D eigenvalue weighted by Crippen LogP contribution is 2.63. The van der Waals surface area contributed by atoms with Crippen LogP contribution in [0.3, 0.4) is 0 Å². The van der Waals surface area contributed by atoms with Crippen molar-refractivity contribution in [3.05, 3.63) is 41.5 Å². The molecule has 24 heavy (non-hydrogen) atoms. The lowest BCUT2D eigenvalue weighted by Crippen LogP contribution is -2.62. The average Bonchev–Trinajstić information content (AvgIpc) is 3.11. The molecule has 2 bridgehead atoms. The van der Waals surface area contributed by atoms with Gasteiger partial charge in [-0.3, -0.25) is 9.69 Å². The minimum atomic E-state index is -0.204. The Morgan fingerprint density at radius 3 is 3.04 bits per heavy atom. The number of methoxy groups -OCH3 is 1. The number of ether oxygens (including phenoxy) is 1. The van der Waals surface area contributed by atoms with E-state index in [1.54, 1.807) is 0 Å². The summed E-state index contributed by atoms with van der Waals surface area (Å²) >= 11 is 0. The molecule has 0 radical (unpaired) electrons. The lowest BCUT2D eigenvalue weighted by Gasteiger charge is -2.49. The van der Waals surface area contributed by atoms with Crippen molar-refractivity contribution >= 4 is 11.7 Å². The number of hydrogen-bond donors (Lipinski definition) is 1. The first-order valence-corrected chi connectivity index (χ1v) is 9.04. The fourth-order valence-corrected chi connectivity index (χ4v) is 6.21. The summed E-state index contributed by atoms with van der Waals surface area (Å²) in [6, 6.07) is 9.03. The van der Waals surface area contributed by atoms with E-state index in [9.17, 15) is 4.79 Å². The Hall–Kier alpha value is -1.81. The van der Waals surface area contributed by atoms with Crippen LogP contribution in [-0.2, 0) is 9.53 Å². The molecule has 0 unspecified atom stereocenters. The lowest BCUT2D eigenvalue weighted by atomic mass is 9.69. The number of piperidine rings is 2. The maximum Gasteiger partial charge on any atom is 0.311 e. The number of benzene rings is 1. The van der Waals surface area contributed by atoms with Gasteiger partial charge in [0.15, 0.2) is 0 Å². The van der Waals surface area contributed by atoms with E-state index < -0.39 is 0 Å². The first kappa shape index (κ1) is 14.5. The zero-order valence-corrected chi connectivity index (χ0v) is 14.3. The second kappa shape index (κ2) is 4.85. The van der Waals surface area contributed by atoms with Crippen LogP contribution >= 0.6 is 0 Å². The van der Waals surface area contributed by atoms with Gasteiger partial charge < -0.3 is 10.1 Å². The predicted octanol–water partition coefficient (Wildman–Crippen LogP) is 2.78. The molecule has 1 spiro atoms. The summed E-state index contributed by atoms with van der Waals surface area (Å²) in [5.41, 5.74) is 3.81. The first-order chi connectivity index (χ1) is 11.7. The van der Waals surface area contributed by atoms with Gasteiger partial charge in [-0.1, -0.05) is 29.8 Å². The zero-order chi connectivity index (χ0) is 16.5. The molecule has 1 aromatic carbocycles. The van der Waals surface area contributed by atoms with Crippen molar-refractivity contribution in [2.24, 2.45) is 11.8 Å². The van der Waals surface area contributed by atoms with Crippen molar-refractivity contribution in [3.8, 4) is 0 Å². The van der Waals surface area contributed by atoms with Gasteiger partial charge in [-0.05, 0) is 43.9 Å². The van der Waals surface area contributed by atoms with Crippen LogP contribution in [-0.4, -0.2) is 42.6 Å². The van der Waals surface area contributed by atoms with Gasteiger partial charge in [-0.15, -0.1) is 0 Å². The Labute approximate surface area is 142 Å². The van der Waals surface area contributed by atoms with Crippen LogP contribution in [0.2, 0.25) is 0 Å². The van der Waals surface area contributed by atoms with Crippen molar-refractivity contribution in [1.82, 2.24) is 4.90 Å². The normalized spacial score (nSPS) is 40.8. The van der Waals surface area contributed by atoms with Gasteiger partial charge in [0.05, 0.1) is 18.6 Å². The van der Waals surface area contributed by atoms with E-state index in [-0.39, 0.29) is 17.4 Å². The van der Waals surface area contributed by atoms with Crippen LogP contribution in [0.1, 0.15) is 31.2 Å². The minimum Gasteiger partial charge on any atom is -0.469 e. The van der Waals surface area contributed by atoms with Gasteiger partial charge in [-0.2, -0.15) is 0 Å². The molecule has 5 atom stereocenters. The van der Waals surface area contributed by atoms with E-state index in [1.165, 1.54) is 23.9 Å². The van der Waals surface area contributed by atoms with Gasteiger partial charge in [0.2, 0.25) is 0 Å². The van der Waals surface area contributed by atoms with Gasteiger partial charge >= 0.3 is 5.97 Å². The third kappa shape index (κ3) is 1.55. The minimum absolute atomic E-state index is 0.0455. The summed E-state index contributed by atoms with van der Waals surface area (Å²) in [4.78, 5) is 15.5. The van der Waals surface area contributed by atoms with Gasteiger partial charge in [0.1, 0.15) is 0 Å². The molecule has 1 saturated carbocycles. The molecule has 1 N–H and O–H groups in total. The maximum absolute atomic E-state index is 12.9. The number of rotatable bonds is 1. The van der Waals surface area contributed by atoms with E-state index in [2.05, 4.69) is 47.5 Å². The standard InChI is InChI=1S/C20H24N2O2/c1-3-12-11-22-9-8-15-13-6-4-5-7-16(13)21-20(15)17(22)10-14(12)18(20)19(23)24-2/h3-7,14-15,17-18,21H,8-11H2,1-2H3/t14-,15-,17-,18-,20+/m0/s1. The summed E-state index contributed by atoms with van der Waals surface area (Å²) in [7, 11) is 1.54. The highest BCUT2D eigenvalue weighted by atomic mass is 16.5. The predicted molar refractivity (Wildman–Crippen MR) is 92.9 cm³/mol. The van der Waals surface area contributed by atoms with Crippen molar-refractivity contribution in [1.29, 1.82) is 0 Å². The second-order valence-electron chi connectivity index (χ2n) is 7.68. The quantitative estimate of drug-likeness (QED) is 0.637. The molecule has 0 aromatic heterocycles. The number of allylic oxidation sites excluding steroid dienone is 1. The number of nitrogens with zero attached hydrogens (tertiary/aromatic N) is 1. The van der Waals surface area contributed by atoms with E-state index >= 15 is 0 Å². The highest BCUT2D eigenvalue weighted by molar-refractivity contribution is 5.80. The molecule has 5 rings (SSSR count). The van der Waals surface area contributed by atoms with Crippen molar-refractivity contribution in [3.63, 3.8) is 0 Å². The van der Waals surface area contributed by atoms with Crippen LogP contribution in [0, 0.1) is 11.8 Å². The average molecular weight is 324 g/mol. The third-order valence-electron chi connectivity index (χ3n) is 7.04. The van der Waals surface area contributed by atoms with Gasteiger partial charge in [-0.25, -0.2) is 0 Å². The van der Waals surface area contributed by atoms with Crippen LogP contribution in [0.5, 0.6) is 0 Å². The van der Waals surface area contributed by atoms with Crippen LogP contribution in [0.4, 0.5) is 5.69 Å². The third-order valence-corrected chi connectivity index (χ3v) is 7.04. The molecule has 126 valence electrons. The fourth-order valence-electron chi connectivity index (χ4n) is 6.21. The molecule has 1 aliphatic carbocycles. The largest absolute Gasteiger partial charge is 0.469 e. The second-order valence-corrected chi connectivity index (χ2v) is 7.68. The molecular weight excluding hydrogens is 300 g/mol. The summed E-state index contributed by atoms with van der Waals surface area (Å²) in [5, 5.41) is 3.85. The number of carbonyl (C=O) groups is 1. The summed E-state index contributed by atoms with van der Waals surface area (Å²) < 4.78 is 5.30. The van der Waals surface area contributed by atoms with Crippen LogP contribution in [0.25, 0.3) is 0 Å². The van der Waals surface area contributed by atoms with Gasteiger partial charge in [0, 0.05) is 24.2 Å². The molecule has 4 aliphatic rings. The molecular formula is C20H24N2O2. The van der Waals surface area contributed by atoms with E-state index in [1.807, 2.05) is 0 Å². The Morgan fingerprint density at radius 1 is 1.42 bits per heavy atom. The van der Waals surface area contributed by atoms with E-state index in [4.69, 9.17) is 4.74 Å². The number of fused-ring (bicyclic) bond motifs is 3. The Bertz CT molecular complexity index is 743. The SMILES string of the molecule is CC=C1CN2CC[C@H]3c4ccccc4N[C@]34[C@H](C(=O)OC)[C@H]1C[C@H]24. The fraction of sp³-hybridized carbons (Fsp3) is 0.550. The summed E-state index contributed by atoms with van der Waals surface area (Å²) in [6.45, 7) is 4.23. The molecule has 2 saturated heterocycles. The Kier molecular flexibility index (Phi) is 2.94. The molecule has 3 heterocycles. The molecule has 3 fully saturated rings. The lowest BCUT2D eigenvalue weighted by molar-refractivity contribution is -0.148. The number of nitrogens with one attached hydrogen (secondary N) is 1. The Balaban J connectivity index is 1.71. The number of esters is 1. The topological polar surface area (TPSA) is 41.6 Å². The maximum atomic E-state index is 12.9. The zero-order valence-electron chi connectivity index (χ0n) is 14.3. The molecule has 1 aromatic rings. The molecule has 0 amide bonds. The molecule has 3 aliphatic heterocycles. The number of anilines is 1. The first-order valence-electron chi connectivity index (χ1n) is 9.04. The van der Waals surface area contributed by atoms with E-state index in [0.29, 0.717) is 17.9 Å². The summed E-state index contributed by atoms with van der Waals surface area (Å²) in [5.74, 6) is 0.573. The Morgan fingerprint density at radius 2 is 2.25 bits per heavy atom. The van der Waals surface area contributed by atoms with E-state index in [0.717, 1.165) is 25.9 Å². The van der Waals surface area contributed by atoms with Gasteiger partial charge in [0.25, 0.3) is 0 Å². The summed E-state index contributed by atoms with van der Waals surface area (Å²) in [6.07, 6.45) is 4.40.